The average molecular weight is 220 g/mol. The first kappa shape index (κ1) is 11.1. The van der Waals surface area contributed by atoms with E-state index < -0.39 is 12.0 Å². The van der Waals surface area contributed by atoms with Crippen molar-refractivity contribution in [2.45, 2.75) is 12.6 Å². The van der Waals surface area contributed by atoms with E-state index in [1.807, 2.05) is 18.2 Å². The van der Waals surface area contributed by atoms with Crippen molar-refractivity contribution >= 4 is 5.97 Å². The number of hydrogen-bond acceptors (Lipinski definition) is 3. The van der Waals surface area contributed by atoms with Crippen LogP contribution in [0.1, 0.15) is 5.56 Å². The van der Waals surface area contributed by atoms with E-state index in [9.17, 15) is 4.79 Å². The highest BCUT2D eigenvalue weighted by Gasteiger charge is 2.24. The molecule has 0 aliphatic carbocycles. The average Bonchev–Trinajstić information content (AvgIpc) is 2.30. The molecule has 1 aromatic rings. The van der Waals surface area contributed by atoms with Gasteiger partial charge in [0, 0.05) is 26.2 Å². The Morgan fingerprint density at radius 3 is 2.88 bits per heavy atom. The maximum absolute atomic E-state index is 10.9. The van der Waals surface area contributed by atoms with E-state index in [2.05, 4.69) is 22.3 Å². The van der Waals surface area contributed by atoms with Crippen molar-refractivity contribution in [3.8, 4) is 0 Å². The van der Waals surface area contributed by atoms with Crippen LogP contribution in [0, 0.1) is 0 Å². The minimum absolute atomic E-state index is 0.433. The number of carbonyl (C=O) groups is 1. The molecule has 4 heteroatoms. The van der Waals surface area contributed by atoms with Gasteiger partial charge < -0.3 is 10.4 Å². The summed E-state index contributed by atoms with van der Waals surface area (Å²) in [4.78, 5) is 13.0. The van der Waals surface area contributed by atoms with Gasteiger partial charge in [-0.1, -0.05) is 30.3 Å². The van der Waals surface area contributed by atoms with Crippen molar-refractivity contribution in [2.75, 3.05) is 19.6 Å². The molecule has 86 valence electrons. The summed E-state index contributed by atoms with van der Waals surface area (Å²) in [6.07, 6.45) is 0. The highest BCUT2D eigenvalue weighted by molar-refractivity contribution is 5.73. The summed E-state index contributed by atoms with van der Waals surface area (Å²) in [6.45, 7) is 3.04. The lowest BCUT2D eigenvalue weighted by Gasteiger charge is -2.31. The number of carboxylic acid groups (broad SMARTS) is 1. The molecule has 1 aliphatic heterocycles. The molecule has 0 bridgehead atoms. The summed E-state index contributed by atoms with van der Waals surface area (Å²) < 4.78 is 0. The number of benzene rings is 1. The summed E-state index contributed by atoms with van der Waals surface area (Å²) in [5.41, 5.74) is 1.23. The summed E-state index contributed by atoms with van der Waals surface area (Å²) in [6, 6.07) is 9.70. The van der Waals surface area contributed by atoms with Crippen LogP contribution in [0.25, 0.3) is 0 Å². The second kappa shape index (κ2) is 5.09. The van der Waals surface area contributed by atoms with Gasteiger partial charge >= 0.3 is 5.97 Å². The molecule has 0 radical (unpaired) electrons. The third-order valence-electron chi connectivity index (χ3n) is 2.81. The zero-order valence-electron chi connectivity index (χ0n) is 9.10. The maximum Gasteiger partial charge on any atom is 0.322 e. The Labute approximate surface area is 94.9 Å². The normalized spacial score (nSPS) is 21.9. The standard InChI is InChI=1S/C12H16N2O2/c15-12(16)11-9-14(7-6-13-11)8-10-4-2-1-3-5-10/h1-5,11,13H,6-9H2,(H,15,16). The fourth-order valence-electron chi connectivity index (χ4n) is 1.96. The quantitative estimate of drug-likeness (QED) is 0.781. The molecule has 1 aromatic carbocycles. The Kier molecular flexibility index (Phi) is 3.54. The number of rotatable bonds is 3. The number of piperazine rings is 1. The Hall–Kier alpha value is -1.39. The van der Waals surface area contributed by atoms with Crippen LogP contribution >= 0.6 is 0 Å². The summed E-state index contributed by atoms with van der Waals surface area (Å²) in [5, 5.41) is 11.9. The minimum atomic E-state index is -0.766. The maximum atomic E-state index is 10.9. The van der Waals surface area contributed by atoms with Gasteiger partial charge in [-0.05, 0) is 5.56 Å². The Balaban J connectivity index is 1.93. The van der Waals surface area contributed by atoms with Crippen molar-refractivity contribution < 1.29 is 9.90 Å². The zero-order valence-corrected chi connectivity index (χ0v) is 9.10. The van der Waals surface area contributed by atoms with Gasteiger partial charge in [0.15, 0.2) is 0 Å². The van der Waals surface area contributed by atoms with Gasteiger partial charge in [-0.2, -0.15) is 0 Å². The van der Waals surface area contributed by atoms with E-state index in [0.29, 0.717) is 6.54 Å². The first-order valence-electron chi connectivity index (χ1n) is 5.48. The van der Waals surface area contributed by atoms with Gasteiger partial charge in [0.1, 0.15) is 6.04 Å². The molecule has 0 saturated carbocycles. The topological polar surface area (TPSA) is 52.6 Å². The first-order chi connectivity index (χ1) is 7.75. The molecular weight excluding hydrogens is 204 g/mol. The monoisotopic (exact) mass is 220 g/mol. The molecule has 4 nitrogen and oxygen atoms in total. The number of nitrogens with zero attached hydrogens (tertiary/aromatic N) is 1. The van der Waals surface area contributed by atoms with E-state index in [1.54, 1.807) is 0 Å². The van der Waals surface area contributed by atoms with Crippen LogP contribution < -0.4 is 5.32 Å². The molecule has 0 amide bonds. The van der Waals surface area contributed by atoms with Crippen LogP contribution in [0.15, 0.2) is 30.3 Å². The van der Waals surface area contributed by atoms with Crippen molar-refractivity contribution in [1.82, 2.24) is 10.2 Å². The molecule has 16 heavy (non-hydrogen) atoms. The molecule has 1 heterocycles. The molecule has 1 aliphatic rings. The molecular formula is C12H16N2O2. The van der Waals surface area contributed by atoms with Crippen molar-refractivity contribution in [3.63, 3.8) is 0 Å². The smallest absolute Gasteiger partial charge is 0.322 e. The van der Waals surface area contributed by atoms with Gasteiger partial charge in [0.05, 0.1) is 0 Å². The van der Waals surface area contributed by atoms with Gasteiger partial charge in [-0.25, -0.2) is 0 Å². The highest BCUT2D eigenvalue weighted by atomic mass is 16.4. The SMILES string of the molecule is O=C(O)C1CN(Cc2ccccc2)CCN1. The molecule has 0 spiro atoms. The van der Waals surface area contributed by atoms with Crippen molar-refractivity contribution in [3.05, 3.63) is 35.9 Å². The third-order valence-corrected chi connectivity index (χ3v) is 2.81. The molecule has 1 atom stereocenters. The van der Waals surface area contributed by atoms with E-state index in [0.717, 1.165) is 19.6 Å². The number of nitrogens with one attached hydrogen (secondary N) is 1. The van der Waals surface area contributed by atoms with E-state index in [-0.39, 0.29) is 0 Å². The molecule has 2 N–H and O–H groups in total. The van der Waals surface area contributed by atoms with Crippen LogP contribution in [0.2, 0.25) is 0 Å². The summed E-state index contributed by atoms with van der Waals surface area (Å²) in [7, 11) is 0. The van der Waals surface area contributed by atoms with Gasteiger partial charge in [-0.3, -0.25) is 9.69 Å². The third kappa shape index (κ3) is 2.81. The Morgan fingerprint density at radius 2 is 2.19 bits per heavy atom. The van der Waals surface area contributed by atoms with Crippen LogP contribution in [0.3, 0.4) is 0 Å². The highest BCUT2D eigenvalue weighted by Crippen LogP contribution is 2.07. The minimum Gasteiger partial charge on any atom is -0.480 e. The van der Waals surface area contributed by atoms with Crippen LogP contribution in [0.4, 0.5) is 0 Å². The summed E-state index contributed by atoms with van der Waals surface area (Å²) in [5.74, 6) is -0.766. The van der Waals surface area contributed by atoms with Gasteiger partial charge in [0.25, 0.3) is 0 Å². The molecule has 2 rings (SSSR count). The molecule has 1 saturated heterocycles. The Morgan fingerprint density at radius 1 is 1.44 bits per heavy atom. The van der Waals surface area contributed by atoms with Crippen LogP contribution in [-0.4, -0.2) is 41.7 Å². The molecule has 1 unspecified atom stereocenters. The lowest BCUT2D eigenvalue weighted by molar-refractivity contribution is -0.140. The number of hydrogen-bond donors (Lipinski definition) is 2. The fraction of sp³-hybridized carbons (Fsp3) is 0.417. The van der Waals surface area contributed by atoms with E-state index in [1.165, 1.54) is 5.56 Å². The molecule has 1 fully saturated rings. The predicted octanol–water partition coefficient (Wildman–Crippen LogP) is 0.545. The Bertz CT molecular complexity index is 353. The van der Waals surface area contributed by atoms with Gasteiger partial charge in [0.2, 0.25) is 0 Å². The molecule has 0 aromatic heterocycles. The fourth-order valence-corrected chi connectivity index (χ4v) is 1.96. The van der Waals surface area contributed by atoms with E-state index in [4.69, 9.17) is 5.11 Å². The second-order valence-electron chi connectivity index (χ2n) is 4.07. The lowest BCUT2D eigenvalue weighted by atomic mass is 10.1. The number of carboxylic acids is 1. The summed E-state index contributed by atoms with van der Waals surface area (Å²) >= 11 is 0. The predicted molar refractivity (Wildman–Crippen MR) is 61.1 cm³/mol. The lowest BCUT2D eigenvalue weighted by Crippen LogP contribution is -2.53. The largest absolute Gasteiger partial charge is 0.480 e. The zero-order chi connectivity index (χ0) is 11.4. The van der Waals surface area contributed by atoms with Crippen molar-refractivity contribution in [2.24, 2.45) is 0 Å². The first-order valence-corrected chi connectivity index (χ1v) is 5.48. The second-order valence-corrected chi connectivity index (χ2v) is 4.07. The van der Waals surface area contributed by atoms with Crippen LogP contribution in [0.5, 0.6) is 0 Å². The number of aliphatic carboxylic acids is 1. The van der Waals surface area contributed by atoms with E-state index >= 15 is 0 Å². The van der Waals surface area contributed by atoms with Crippen molar-refractivity contribution in [1.29, 1.82) is 0 Å². The van der Waals surface area contributed by atoms with Crippen LogP contribution in [-0.2, 0) is 11.3 Å². The van der Waals surface area contributed by atoms with Gasteiger partial charge in [-0.15, -0.1) is 0 Å².